The number of nitrogens with zero attached hydrogens (tertiary/aromatic N) is 2. The van der Waals surface area contributed by atoms with Gasteiger partial charge in [0.25, 0.3) is 0 Å². The largest absolute Gasteiger partial charge is 0.395 e. The predicted octanol–water partition coefficient (Wildman–Crippen LogP) is 2.89. The molecule has 0 heterocycles. The van der Waals surface area contributed by atoms with Gasteiger partial charge in [0.2, 0.25) is 10.0 Å². The SMILES string of the molecule is N#CCCN(C1CC1)S(=O)(=O)c1cc(Cl)c(Br)c(N)c1F. The number of rotatable bonds is 5. The average Bonchev–Trinajstić information content (AvgIpc) is 3.25. The highest BCUT2D eigenvalue weighted by Crippen LogP contribution is 2.38. The molecular weight excluding hydrogens is 385 g/mol. The highest BCUT2D eigenvalue weighted by molar-refractivity contribution is 9.10. The Balaban J connectivity index is 2.50. The van der Waals surface area contributed by atoms with Crippen LogP contribution >= 0.6 is 27.5 Å². The predicted molar refractivity (Wildman–Crippen MR) is 80.7 cm³/mol. The van der Waals surface area contributed by atoms with Crippen molar-refractivity contribution < 1.29 is 12.8 Å². The summed E-state index contributed by atoms with van der Waals surface area (Å²) in [6.07, 6.45) is 1.44. The summed E-state index contributed by atoms with van der Waals surface area (Å²) in [7, 11) is -4.08. The van der Waals surface area contributed by atoms with E-state index in [1.54, 1.807) is 0 Å². The van der Waals surface area contributed by atoms with Crippen molar-refractivity contribution in [3.63, 3.8) is 0 Å². The lowest BCUT2D eigenvalue weighted by molar-refractivity contribution is 0.407. The molecule has 0 aromatic heterocycles. The first kappa shape index (κ1) is 16.5. The maximum Gasteiger partial charge on any atom is 0.246 e. The number of benzene rings is 1. The zero-order valence-corrected chi connectivity index (χ0v) is 14.0. The van der Waals surface area contributed by atoms with Crippen molar-refractivity contribution >= 4 is 43.2 Å². The van der Waals surface area contributed by atoms with E-state index in [-0.39, 0.29) is 34.2 Å². The van der Waals surface area contributed by atoms with Crippen molar-refractivity contribution in [2.75, 3.05) is 12.3 Å². The molecule has 114 valence electrons. The minimum absolute atomic E-state index is 0.0171. The van der Waals surface area contributed by atoms with Gasteiger partial charge in [-0.15, -0.1) is 0 Å². The third-order valence-corrected chi connectivity index (χ3v) is 6.47. The topological polar surface area (TPSA) is 87.2 Å². The van der Waals surface area contributed by atoms with Crippen molar-refractivity contribution in [2.24, 2.45) is 0 Å². The molecule has 1 aromatic carbocycles. The second-order valence-corrected chi connectivity index (χ2v) is 7.71. The number of hydrogen-bond donors (Lipinski definition) is 1. The third-order valence-electron chi connectivity index (χ3n) is 3.14. The molecule has 0 unspecified atom stereocenters. The maximum absolute atomic E-state index is 14.2. The molecule has 21 heavy (non-hydrogen) atoms. The number of nitriles is 1. The zero-order chi connectivity index (χ0) is 15.8. The number of halogens is 3. The van der Waals surface area contributed by atoms with Crippen LogP contribution in [-0.4, -0.2) is 25.3 Å². The van der Waals surface area contributed by atoms with Crippen LogP contribution in [0.1, 0.15) is 19.3 Å². The molecule has 0 spiro atoms. The van der Waals surface area contributed by atoms with E-state index in [4.69, 9.17) is 22.6 Å². The lowest BCUT2D eigenvalue weighted by Gasteiger charge is -2.21. The summed E-state index contributed by atoms with van der Waals surface area (Å²) >= 11 is 8.88. The van der Waals surface area contributed by atoms with Crippen LogP contribution in [0.5, 0.6) is 0 Å². The lowest BCUT2D eigenvalue weighted by Crippen LogP contribution is -2.34. The first-order valence-corrected chi connectivity index (χ1v) is 8.73. The Bertz CT molecular complexity index is 716. The van der Waals surface area contributed by atoms with Gasteiger partial charge in [0, 0.05) is 19.0 Å². The van der Waals surface area contributed by atoms with Crippen molar-refractivity contribution in [1.29, 1.82) is 5.26 Å². The smallest absolute Gasteiger partial charge is 0.246 e. The molecule has 0 atom stereocenters. The van der Waals surface area contributed by atoms with Gasteiger partial charge in [-0.1, -0.05) is 11.6 Å². The van der Waals surface area contributed by atoms with Crippen LogP contribution in [0, 0.1) is 17.1 Å². The Morgan fingerprint density at radius 1 is 1.57 bits per heavy atom. The van der Waals surface area contributed by atoms with Crippen LogP contribution in [0.25, 0.3) is 0 Å². The minimum atomic E-state index is -4.08. The monoisotopic (exact) mass is 395 g/mol. The minimum Gasteiger partial charge on any atom is -0.395 e. The van der Waals surface area contributed by atoms with E-state index in [9.17, 15) is 12.8 Å². The van der Waals surface area contributed by atoms with E-state index in [0.29, 0.717) is 12.8 Å². The Labute approximate surface area is 135 Å². The maximum atomic E-state index is 14.2. The number of nitrogen functional groups attached to an aromatic ring is 1. The molecule has 0 radical (unpaired) electrons. The molecule has 5 nitrogen and oxygen atoms in total. The van der Waals surface area contributed by atoms with Crippen LogP contribution in [0.4, 0.5) is 10.1 Å². The Kier molecular flexibility index (Phi) is 4.78. The van der Waals surface area contributed by atoms with Crippen LogP contribution in [0.2, 0.25) is 5.02 Å². The van der Waals surface area contributed by atoms with Crippen LogP contribution in [-0.2, 0) is 10.0 Å². The van der Waals surface area contributed by atoms with Crippen molar-refractivity contribution in [3.05, 3.63) is 21.4 Å². The average molecular weight is 397 g/mol. The molecule has 1 aliphatic carbocycles. The van der Waals surface area contributed by atoms with Gasteiger partial charge in [-0.25, -0.2) is 12.8 Å². The van der Waals surface area contributed by atoms with E-state index >= 15 is 0 Å². The van der Waals surface area contributed by atoms with Crippen molar-refractivity contribution in [2.45, 2.75) is 30.2 Å². The van der Waals surface area contributed by atoms with Crippen LogP contribution in [0.15, 0.2) is 15.4 Å². The Morgan fingerprint density at radius 3 is 2.71 bits per heavy atom. The fourth-order valence-corrected chi connectivity index (χ4v) is 4.29. The van der Waals surface area contributed by atoms with E-state index in [0.717, 1.165) is 10.4 Å². The zero-order valence-electron chi connectivity index (χ0n) is 10.8. The highest BCUT2D eigenvalue weighted by Gasteiger charge is 2.39. The normalized spacial score (nSPS) is 15.2. The second kappa shape index (κ2) is 6.08. The molecule has 9 heteroatoms. The van der Waals surface area contributed by atoms with Gasteiger partial charge in [-0.2, -0.15) is 9.57 Å². The fraction of sp³-hybridized carbons (Fsp3) is 0.417. The van der Waals surface area contributed by atoms with E-state index < -0.39 is 20.7 Å². The number of nitrogens with two attached hydrogens (primary N) is 1. The van der Waals surface area contributed by atoms with Crippen LogP contribution < -0.4 is 5.73 Å². The molecule has 1 aliphatic rings. The summed E-state index contributed by atoms with van der Waals surface area (Å²) in [6, 6.07) is 2.74. The summed E-state index contributed by atoms with van der Waals surface area (Å²) in [4.78, 5) is -0.557. The summed E-state index contributed by atoms with van der Waals surface area (Å²) in [5.41, 5.74) is 5.18. The number of anilines is 1. The highest BCUT2D eigenvalue weighted by atomic mass is 79.9. The molecule has 0 saturated heterocycles. The summed E-state index contributed by atoms with van der Waals surface area (Å²) in [5, 5.41) is 8.66. The van der Waals surface area contributed by atoms with Gasteiger partial charge < -0.3 is 5.73 Å². The van der Waals surface area contributed by atoms with Crippen LogP contribution in [0.3, 0.4) is 0 Å². The lowest BCUT2D eigenvalue weighted by atomic mass is 10.3. The first-order chi connectivity index (χ1) is 9.80. The van der Waals surface area contributed by atoms with Gasteiger partial charge in [-0.3, -0.25) is 0 Å². The summed E-state index contributed by atoms with van der Waals surface area (Å²) in [6.45, 7) is 0.0243. The molecular formula is C12H12BrClFN3O2S. The van der Waals surface area contributed by atoms with Gasteiger partial charge in [0.05, 0.1) is 21.3 Å². The quantitative estimate of drug-likeness (QED) is 0.612. The Hall–Kier alpha value is -0.880. The van der Waals surface area contributed by atoms with E-state index in [1.165, 1.54) is 0 Å². The van der Waals surface area contributed by atoms with E-state index in [2.05, 4.69) is 15.9 Å². The molecule has 2 rings (SSSR count). The van der Waals surface area contributed by atoms with Gasteiger partial charge in [-0.05, 0) is 34.8 Å². The van der Waals surface area contributed by atoms with Gasteiger partial charge in [0.1, 0.15) is 4.90 Å². The van der Waals surface area contributed by atoms with Crippen molar-refractivity contribution in [1.82, 2.24) is 4.31 Å². The first-order valence-electron chi connectivity index (χ1n) is 6.12. The molecule has 1 saturated carbocycles. The fourth-order valence-electron chi connectivity index (χ4n) is 1.94. The molecule has 1 aromatic rings. The second-order valence-electron chi connectivity index (χ2n) is 4.65. The molecule has 2 N–H and O–H groups in total. The molecule has 0 bridgehead atoms. The Morgan fingerprint density at radius 2 is 2.19 bits per heavy atom. The third kappa shape index (κ3) is 3.16. The molecule has 0 amide bonds. The molecule has 1 fully saturated rings. The standard InChI is InChI=1S/C12H12BrClFN3O2S/c13-10-8(14)6-9(11(15)12(10)17)21(19,20)18(5-1-4-16)7-2-3-7/h6-7H,1-3,5,17H2. The number of hydrogen-bond acceptors (Lipinski definition) is 4. The van der Waals surface area contributed by atoms with E-state index in [1.807, 2.05) is 6.07 Å². The van der Waals surface area contributed by atoms with Gasteiger partial charge in [0.15, 0.2) is 5.82 Å². The van der Waals surface area contributed by atoms with Crippen molar-refractivity contribution in [3.8, 4) is 6.07 Å². The summed E-state index contributed by atoms with van der Waals surface area (Å²) < 4.78 is 40.7. The van der Waals surface area contributed by atoms with Gasteiger partial charge >= 0.3 is 0 Å². The summed E-state index contributed by atoms with van der Waals surface area (Å²) in [5.74, 6) is -1.03. The molecule has 0 aliphatic heterocycles. The number of sulfonamides is 1.